The fraction of sp³-hybridized carbons (Fsp3) is 1.00. The van der Waals surface area contributed by atoms with Crippen LogP contribution in [0.3, 0.4) is 0 Å². The van der Waals surface area contributed by atoms with Crippen LogP contribution in [0.4, 0.5) is 0 Å². The number of hydrogen-bond acceptors (Lipinski definition) is 2. The van der Waals surface area contributed by atoms with Gasteiger partial charge < -0.3 is 8.85 Å². The van der Waals surface area contributed by atoms with Gasteiger partial charge in [0.05, 0.1) is 0 Å². The van der Waals surface area contributed by atoms with Gasteiger partial charge in [0.2, 0.25) is 0 Å². The molecule has 0 aromatic rings. The maximum absolute atomic E-state index is 5.79. The lowest BCUT2D eigenvalue weighted by Gasteiger charge is -2.23. The molecule has 0 aromatic heterocycles. The summed E-state index contributed by atoms with van der Waals surface area (Å²) in [6, 6.07) is 0.835. The van der Waals surface area contributed by atoms with Crippen molar-refractivity contribution in [1.29, 1.82) is 0 Å². The highest BCUT2D eigenvalue weighted by molar-refractivity contribution is 6.66. The van der Waals surface area contributed by atoms with E-state index >= 15 is 0 Å². The number of halogens is 1. The van der Waals surface area contributed by atoms with Crippen LogP contribution >= 0.6 is 11.6 Å². The summed E-state index contributed by atoms with van der Waals surface area (Å²) in [6.45, 7) is 3.96. The zero-order valence-electron chi connectivity index (χ0n) is 6.98. The van der Waals surface area contributed by atoms with Crippen molar-refractivity contribution < 1.29 is 8.85 Å². The normalized spacial score (nSPS) is 15.3. The highest BCUT2D eigenvalue weighted by atomic mass is 35.5. The van der Waals surface area contributed by atoms with E-state index in [0.29, 0.717) is 0 Å². The summed E-state index contributed by atoms with van der Waals surface area (Å²) in [7, 11) is 1.46. The molecule has 0 amide bonds. The van der Waals surface area contributed by atoms with Crippen LogP contribution in [-0.2, 0) is 8.85 Å². The quantitative estimate of drug-likeness (QED) is 0.489. The molecule has 0 aliphatic rings. The lowest BCUT2D eigenvalue weighted by atomic mass is 10.6. The van der Waals surface area contributed by atoms with Crippen LogP contribution in [-0.4, -0.2) is 28.2 Å². The van der Waals surface area contributed by atoms with Crippen LogP contribution < -0.4 is 0 Å². The molecule has 0 N–H and O–H groups in total. The zero-order valence-corrected chi connectivity index (χ0v) is 8.73. The smallest absolute Gasteiger partial charge is 0.335 e. The van der Waals surface area contributed by atoms with Gasteiger partial charge in [0.1, 0.15) is 0 Å². The Morgan fingerprint density at radius 2 is 1.80 bits per heavy atom. The van der Waals surface area contributed by atoms with Gasteiger partial charge in [-0.3, -0.25) is 0 Å². The summed E-state index contributed by atoms with van der Waals surface area (Å²) in [5.74, 6) is 0. The highest BCUT2D eigenvalue weighted by Crippen LogP contribution is 2.16. The Kier molecular flexibility index (Phi) is 4.52. The molecule has 0 saturated heterocycles. The molecule has 0 aliphatic carbocycles. The minimum absolute atomic E-state index is 0.136. The average Bonchev–Trinajstić information content (AvgIpc) is 1.87. The minimum Gasteiger partial charge on any atom is -0.398 e. The third-order valence-corrected chi connectivity index (χ3v) is 5.01. The first-order valence-electron chi connectivity index (χ1n) is 3.28. The topological polar surface area (TPSA) is 18.5 Å². The van der Waals surface area contributed by atoms with E-state index in [4.69, 9.17) is 20.5 Å². The molecule has 0 radical (unpaired) electrons. The first-order chi connectivity index (χ1) is 4.54. The minimum atomic E-state index is -1.89. The van der Waals surface area contributed by atoms with E-state index in [1.807, 2.05) is 13.5 Å². The molecule has 2 nitrogen and oxygen atoms in total. The van der Waals surface area contributed by atoms with Crippen LogP contribution in [0.25, 0.3) is 0 Å². The summed E-state index contributed by atoms with van der Waals surface area (Å²) in [5.41, 5.74) is 0. The van der Waals surface area contributed by atoms with E-state index in [1.54, 1.807) is 14.2 Å². The van der Waals surface area contributed by atoms with Crippen LogP contribution in [0.1, 0.15) is 6.92 Å². The Hall–Kier alpha value is 0.427. The Morgan fingerprint density at radius 1 is 1.40 bits per heavy atom. The number of alkyl halides is 1. The molecule has 1 atom stereocenters. The van der Waals surface area contributed by atoms with E-state index in [1.165, 1.54) is 0 Å². The number of hydrogen-bond donors (Lipinski definition) is 0. The van der Waals surface area contributed by atoms with Gasteiger partial charge in [-0.2, -0.15) is 0 Å². The van der Waals surface area contributed by atoms with E-state index < -0.39 is 8.56 Å². The Balaban J connectivity index is 3.80. The third kappa shape index (κ3) is 3.56. The third-order valence-electron chi connectivity index (χ3n) is 1.52. The summed E-state index contributed by atoms with van der Waals surface area (Å²) in [4.78, 5) is 0. The predicted molar refractivity (Wildman–Crippen MR) is 45.8 cm³/mol. The maximum atomic E-state index is 5.79. The van der Waals surface area contributed by atoms with Crippen LogP contribution in [0, 0.1) is 0 Å². The molecule has 1 unspecified atom stereocenters. The second-order valence-corrected chi connectivity index (χ2v) is 6.76. The van der Waals surface area contributed by atoms with Crippen molar-refractivity contribution in [3.8, 4) is 0 Å². The highest BCUT2D eigenvalue weighted by Gasteiger charge is 2.30. The molecule has 0 spiro atoms. The molecule has 0 aromatic carbocycles. The molecule has 4 heteroatoms. The zero-order chi connectivity index (χ0) is 8.20. The van der Waals surface area contributed by atoms with Crippen molar-refractivity contribution in [3.05, 3.63) is 0 Å². The number of rotatable bonds is 4. The summed E-state index contributed by atoms with van der Waals surface area (Å²) < 4.78 is 10.5. The van der Waals surface area contributed by atoms with E-state index in [-0.39, 0.29) is 5.38 Å². The van der Waals surface area contributed by atoms with Crippen molar-refractivity contribution in [2.24, 2.45) is 0 Å². The first kappa shape index (κ1) is 10.4. The summed E-state index contributed by atoms with van der Waals surface area (Å²) in [5, 5.41) is 0.136. The lowest BCUT2D eigenvalue weighted by Crippen LogP contribution is -2.37. The van der Waals surface area contributed by atoms with Crippen molar-refractivity contribution in [1.82, 2.24) is 0 Å². The van der Waals surface area contributed by atoms with Crippen LogP contribution in [0.15, 0.2) is 0 Å². The molecule has 0 rings (SSSR count). The van der Waals surface area contributed by atoms with Gasteiger partial charge in [-0.25, -0.2) is 0 Å². The molecule has 0 bridgehead atoms. The van der Waals surface area contributed by atoms with Crippen molar-refractivity contribution >= 4 is 20.2 Å². The SMILES string of the molecule is CO[Si](C)(CC(C)Cl)OC. The van der Waals surface area contributed by atoms with Crippen molar-refractivity contribution in [2.75, 3.05) is 14.2 Å². The molecule has 0 fully saturated rings. The van der Waals surface area contributed by atoms with Crippen molar-refractivity contribution in [2.45, 2.75) is 24.9 Å². The molecule has 0 aliphatic heterocycles. The van der Waals surface area contributed by atoms with E-state index in [2.05, 4.69) is 0 Å². The van der Waals surface area contributed by atoms with Gasteiger partial charge in [-0.1, -0.05) is 0 Å². The van der Waals surface area contributed by atoms with E-state index in [9.17, 15) is 0 Å². The average molecular weight is 183 g/mol. The molecular formula is C6H15ClO2Si. The fourth-order valence-electron chi connectivity index (χ4n) is 0.761. The second-order valence-electron chi connectivity index (χ2n) is 2.53. The monoisotopic (exact) mass is 182 g/mol. The van der Waals surface area contributed by atoms with Gasteiger partial charge in [0.25, 0.3) is 0 Å². The van der Waals surface area contributed by atoms with Gasteiger partial charge in [0, 0.05) is 25.6 Å². The molecule has 10 heavy (non-hydrogen) atoms. The summed E-state index contributed by atoms with van der Waals surface area (Å²) in [6.07, 6.45) is 0. The molecule has 0 heterocycles. The van der Waals surface area contributed by atoms with E-state index in [0.717, 1.165) is 6.04 Å². The Morgan fingerprint density at radius 3 is 1.90 bits per heavy atom. The standard InChI is InChI=1S/C6H15ClO2Si/c1-6(7)5-10(4,8-2)9-3/h6H,5H2,1-4H3. The van der Waals surface area contributed by atoms with Gasteiger partial charge >= 0.3 is 8.56 Å². The van der Waals surface area contributed by atoms with Gasteiger partial charge in [0.15, 0.2) is 0 Å². The second kappa shape index (κ2) is 4.33. The van der Waals surface area contributed by atoms with Gasteiger partial charge in [-0.05, 0) is 13.5 Å². The maximum Gasteiger partial charge on any atom is 0.335 e. The van der Waals surface area contributed by atoms with Gasteiger partial charge in [-0.15, -0.1) is 11.6 Å². The molecule has 62 valence electrons. The predicted octanol–water partition coefficient (Wildman–Crippen LogP) is 1.98. The lowest BCUT2D eigenvalue weighted by molar-refractivity contribution is 0.249. The largest absolute Gasteiger partial charge is 0.398 e. The Labute approximate surface area is 68.7 Å². The first-order valence-corrected chi connectivity index (χ1v) is 6.24. The Bertz CT molecular complexity index is 93.7. The van der Waals surface area contributed by atoms with Crippen LogP contribution in [0.5, 0.6) is 0 Å². The van der Waals surface area contributed by atoms with Crippen molar-refractivity contribution in [3.63, 3.8) is 0 Å². The fourth-order valence-corrected chi connectivity index (χ4v) is 3.12. The van der Waals surface area contributed by atoms with Crippen LogP contribution in [0.2, 0.25) is 12.6 Å². The molecular weight excluding hydrogens is 168 g/mol. The summed E-state index contributed by atoms with van der Waals surface area (Å²) >= 11 is 5.79. The molecule has 0 saturated carbocycles.